The Morgan fingerprint density at radius 1 is 1.27 bits per heavy atom. The molecule has 0 aliphatic carbocycles. The highest BCUT2D eigenvalue weighted by atomic mass is 32.2. The Hall–Kier alpha value is -0.630. The number of nitrogens with zero attached hydrogens (tertiary/aromatic N) is 2. The topological polar surface area (TPSA) is 36.9 Å². The number of guanidine groups is 1. The van der Waals surface area contributed by atoms with E-state index in [1.165, 1.54) is 0 Å². The number of nitrogens with one attached hydrogen (secondary N) is 1. The number of hydrogen-bond donors (Lipinski definition) is 1. The predicted octanol–water partition coefficient (Wildman–Crippen LogP) is 2.31. The van der Waals surface area contributed by atoms with Gasteiger partial charge in [0.1, 0.15) is 0 Å². The van der Waals surface area contributed by atoms with E-state index >= 15 is 0 Å². The van der Waals surface area contributed by atoms with Crippen LogP contribution >= 0.6 is 11.8 Å². The molecule has 0 saturated carbocycles. The lowest BCUT2D eigenvalue weighted by molar-refractivity contribution is -0.0327. The number of thioether (sulfide) groups is 1. The van der Waals surface area contributed by atoms with Gasteiger partial charge in [0, 0.05) is 37.2 Å². The molecule has 8 heteroatoms. The van der Waals surface area contributed by atoms with Crippen LogP contribution in [0.3, 0.4) is 0 Å². The Morgan fingerprint density at radius 2 is 1.91 bits per heavy atom. The van der Waals surface area contributed by atoms with Crippen molar-refractivity contribution in [2.24, 2.45) is 16.8 Å². The van der Waals surface area contributed by atoms with Crippen LogP contribution in [0.4, 0.5) is 13.2 Å². The summed E-state index contributed by atoms with van der Waals surface area (Å²) in [5.74, 6) is 1.84. The third kappa shape index (κ3) is 3.48. The summed E-state index contributed by atoms with van der Waals surface area (Å²) in [6, 6.07) is 0. The molecule has 126 valence electrons. The molecule has 1 N–H and O–H groups in total. The summed E-state index contributed by atoms with van der Waals surface area (Å²) in [6.07, 6.45) is 3.05. The molecule has 4 atom stereocenters. The molecule has 3 aliphatic rings. The molecule has 0 radical (unpaired) electrons. The number of halogens is 3. The SMILES string of the molecule is CCNC(=NCCSC(F)(F)F)N1CC2C3CCC(O3)C2C1. The van der Waals surface area contributed by atoms with E-state index < -0.39 is 5.51 Å². The molecule has 2 bridgehead atoms. The molecule has 4 nitrogen and oxygen atoms in total. The second-order valence-electron chi connectivity index (χ2n) is 6.05. The Labute approximate surface area is 132 Å². The molecule has 3 rings (SSSR count). The van der Waals surface area contributed by atoms with Gasteiger partial charge in [-0.3, -0.25) is 4.99 Å². The zero-order valence-electron chi connectivity index (χ0n) is 12.6. The summed E-state index contributed by atoms with van der Waals surface area (Å²) in [5.41, 5.74) is -4.17. The van der Waals surface area contributed by atoms with E-state index in [2.05, 4.69) is 15.2 Å². The summed E-state index contributed by atoms with van der Waals surface area (Å²) in [7, 11) is 0. The normalized spacial score (nSPS) is 34.4. The third-order valence-corrected chi connectivity index (χ3v) is 5.42. The van der Waals surface area contributed by atoms with Crippen LogP contribution in [-0.4, -0.2) is 60.5 Å². The van der Waals surface area contributed by atoms with E-state index in [-0.39, 0.29) is 24.1 Å². The van der Waals surface area contributed by atoms with Gasteiger partial charge in [-0.25, -0.2) is 0 Å². The minimum atomic E-state index is -4.17. The van der Waals surface area contributed by atoms with Crippen LogP contribution in [0.25, 0.3) is 0 Å². The molecule has 0 spiro atoms. The van der Waals surface area contributed by atoms with Crippen molar-refractivity contribution in [2.75, 3.05) is 31.9 Å². The van der Waals surface area contributed by atoms with Crippen LogP contribution in [0.2, 0.25) is 0 Å². The van der Waals surface area contributed by atoms with Crippen LogP contribution < -0.4 is 5.32 Å². The summed E-state index contributed by atoms with van der Waals surface area (Å²) in [6.45, 7) is 4.69. The Morgan fingerprint density at radius 3 is 2.45 bits per heavy atom. The van der Waals surface area contributed by atoms with Crippen molar-refractivity contribution in [1.82, 2.24) is 10.2 Å². The molecular weight excluding hydrogens is 315 g/mol. The van der Waals surface area contributed by atoms with E-state index in [4.69, 9.17) is 4.74 Å². The Bertz CT molecular complexity index is 414. The molecule has 3 heterocycles. The minimum absolute atomic E-state index is 0.00964. The Balaban J connectivity index is 1.55. The average molecular weight is 337 g/mol. The second kappa shape index (κ2) is 6.47. The molecular formula is C14H22F3N3OS. The summed E-state index contributed by atoms with van der Waals surface area (Å²) >= 11 is -0.00964. The van der Waals surface area contributed by atoms with Gasteiger partial charge in [0.25, 0.3) is 0 Å². The first-order chi connectivity index (χ1) is 10.5. The third-order valence-electron chi connectivity index (χ3n) is 4.71. The first-order valence-corrected chi connectivity index (χ1v) is 8.86. The largest absolute Gasteiger partial charge is 0.441 e. The molecule has 3 saturated heterocycles. The van der Waals surface area contributed by atoms with Crippen LogP contribution in [-0.2, 0) is 4.74 Å². The number of alkyl halides is 3. The standard InChI is InChI=1S/C14H22F3N3OS/c1-2-18-13(19-5-6-22-14(15,16)17)20-7-9-10(8-20)12-4-3-11(9)21-12/h9-12H,2-8H2,1H3,(H,18,19). The summed E-state index contributed by atoms with van der Waals surface area (Å²) < 4.78 is 42.4. The number of likely N-dealkylation sites (tertiary alicyclic amines) is 1. The van der Waals surface area contributed by atoms with Crippen LogP contribution in [0, 0.1) is 11.8 Å². The quantitative estimate of drug-likeness (QED) is 0.485. The first kappa shape index (κ1) is 16.2. The van der Waals surface area contributed by atoms with Gasteiger partial charge in [0.2, 0.25) is 0 Å². The van der Waals surface area contributed by atoms with E-state index in [1.807, 2.05) is 6.92 Å². The Kier molecular flexibility index (Phi) is 4.77. The van der Waals surface area contributed by atoms with Crippen molar-refractivity contribution in [3.05, 3.63) is 0 Å². The lowest BCUT2D eigenvalue weighted by atomic mass is 9.82. The van der Waals surface area contributed by atoms with Crippen molar-refractivity contribution in [2.45, 2.75) is 37.5 Å². The molecule has 0 aromatic heterocycles. The minimum Gasteiger partial charge on any atom is -0.374 e. The first-order valence-electron chi connectivity index (χ1n) is 7.87. The highest BCUT2D eigenvalue weighted by molar-refractivity contribution is 8.00. The summed E-state index contributed by atoms with van der Waals surface area (Å²) in [4.78, 5) is 6.57. The van der Waals surface area contributed by atoms with Gasteiger partial charge < -0.3 is 15.0 Å². The smallest absolute Gasteiger partial charge is 0.374 e. The van der Waals surface area contributed by atoms with Crippen LogP contribution in [0.5, 0.6) is 0 Å². The lowest BCUT2D eigenvalue weighted by Crippen LogP contribution is -2.41. The van der Waals surface area contributed by atoms with Gasteiger partial charge in [-0.1, -0.05) is 0 Å². The summed E-state index contributed by atoms with van der Waals surface area (Å²) in [5, 5.41) is 3.21. The number of hydrogen-bond acceptors (Lipinski definition) is 3. The average Bonchev–Trinajstić information content (AvgIpc) is 3.11. The van der Waals surface area contributed by atoms with Crippen LogP contribution in [0.1, 0.15) is 19.8 Å². The van der Waals surface area contributed by atoms with Gasteiger partial charge >= 0.3 is 5.51 Å². The van der Waals surface area contributed by atoms with Crippen molar-refractivity contribution in [3.8, 4) is 0 Å². The molecule has 0 amide bonds. The zero-order valence-corrected chi connectivity index (χ0v) is 13.4. The highest BCUT2D eigenvalue weighted by Crippen LogP contribution is 2.47. The van der Waals surface area contributed by atoms with Gasteiger partial charge in [-0.05, 0) is 31.5 Å². The lowest BCUT2D eigenvalue weighted by Gasteiger charge is -2.23. The maximum absolute atomic E-state index is 12.2. The van der Waals surface area contributed by atoms with Crippen molar-refractivity contribution in [1.29, 1.82) is 0 Å². The van der Waals surface area contributed by atoms with Crippen molar-refractivity contribution in [3.63, 3.8) is 0 Å². The van der Waals surface area contributed by atoms with E-state index in [1.54, 1.807) is 0 Å². The molecule has 4 unspecified atom stereocenters. The number of ether oxygens (including phenoxy) is 1. The van der Waals surface area contributed by atoms with Crippen molar-refractivity contribution >= 4 is 17.7 Å². The monoisotopic (exact) mass is 337 g/mol. The number of rotatable bonds is 4. The maximum Gasteiger partial charge on any atom is 0.441 e. The van der Waals surface area contributed by atoms with E-state index in [0.29, 0.717) is 24.0 Å². The predicted molar refractivity (Wildman–Crippen MR) is 80.9 cm³/mol. The molecule has 22 heavy (non-hydrogen) atoms. The fourth-order valence-electron chi connectivity index (χ4n) is 3.87. The number of aliphatic imine (C=N–C) groups is 1. The van der Waals surface area contributed by atoms with Gasteiger partial charge in [0.05, 0.1) is 18.8 Å². The molecule has 0 aromatic rings. The van der Waals surface area contributed by atoms with Gasteiger partial charge in [0.15, 0.2) is 5.96 Å². The van der Waals surface area contributed by atoms with E-state index in [9.17, 15) is 13.2 Å². The fourth-order valence-corrected chi connectivity index (χ4v) is 4.29. The second-order valence-corrected chi connectivity index (χ2v) is 7.21. The highest BCUT2D eigenvalue weighted by Gasteiger charge is 2.53. The van der Waals surface area contributed by atoms with Gasteiger partial charge in [-0.2, -0.15) is 13.2 Å². The van der Waals surface area contributed by atoms with Crippen molar-refractivity contribution < 1.29 is 17.9 Å². The molecule has 3 fully saturated rings. The van der Waals surface area contributed by atoms with E-state index in [0.717, 1.165) is 38.4 Å². The molecule has 0 aromatic carbocycles. The maximum atomic E-state index is 12.2. The zero-order chi connectivity index (χ0) is 15.7. The van der Waals surface area contributed by atoms with Gasteiger partial charge in [-0.15, -0.1) is 0 Å². The fraction of sp³-hybridized carbons (Fsp3) is 0.929. The number of fused-ring (bicyclic) bond motifs is 5. The van der Waals surface area contributed by atoms with Crippen LogP contribution in [0.15, 0.2) is 4.99 Å². The molecule has 3 aliphatic heterocycles.